The minimum Gasteiger partial charge on any atom is -0.295 e. The topological polar surface area (TPSA) is 40.9 Å². The van der Waals surface area contributed by atoms with E-state index in [4.69, 9.17) is 5.26 Å². The normalized spacial score (nSPS) is 47.3. The van der Waals surface area contributed by atoms with Gasteiger partial charge in [-0.2, -0.15) is 5.26 Å². The highest BCUT2D eigenvalue weighted by molar-refractivity contribution is 5.91. The summed E-state index contributed by atoms with van der Waals surface area (Å²) in [5, 5.41) is 9.12. The Morgan fingerprint density at radius 3 is 2.65 bits per heavy atom. The van der Waals surface area contributed by atoms with Crippen molar-refractivity contribution in [1.29, 1.82) is 5.26 Å². The largest absolute Gasteiger partial charge is 0.295 e. The van der Waals surface area contributed by atoms with Crippen LogP contribution in [0.5, 0.6) is 0 Å². The van der Waals surface area contributed by atoms with Gasteiger partial charge in [0.25, 0.3) is 0 Å². The van der Waals surface area contributed by atoms with Crippen molar-refractivity contribution in [2.75, 3.05) is 0 Å². The van der Waals surface area contributed by atoms with E-state index in [-0.39, 0.29) is 10.8 Å². The van der Waals surface area contributed by atoms with Crippen LogP contribution in [0.4, 0.5) is 0 Å². The van der Waals surface area contributed by atoms with Crippen LogP contribution in [0.15, 0.2) is 23.3 Å². The Morgan fingerprint density at radius 2 is 1.87 bits per heavy atom. The van der Waals surface area contributed by atoms with Gasteiger partial charge < -0.3 is 0 Å². The van der Waals surface area contributed by atoms with Crippen molar-refractivity contribution in [2.24, 2.45) is 28.6 Å². The molecular weight excluding hydrogens is 282 g/mol. The molecule has 0 saturated heterocycles. The van der Waals surface area contributed by atoms with Crippen LogP contribution in [-0.4, -0.2) is 5.78 Å². The second-order valence-corrected chi connectivity index (χ2v) is 8.76. The third kappa shape index (κ3) is 2.02. The summed E-state index contributed by atoms with van der Waals surface area (Å²) in [4.78, 5) is 11.9. The summed E-state index contributed by atoms with van der Waals surface area (Å²) in [6.07, 6.45) is 12.9. The summed E-state index contributed by atoms with van der Waals surface area (Å²) in [6, 6.07) is 2.29. The number of allylic oxidation sites excluding steroid dienone is 3. The molecule has 0 spiro atoms. The zero-order chi connectivity index (χ0) is 16.2. The molecule has 5 unspecified atom stereocenters. The minimum atomic E-state index is 0.263. The van der Waals surface area contributed by atoms with Crippen LogP contribution in [-0.2, 0) is 4.79 Å². The second kappa shape index (κ2) is 5.07. The summed E-state index contributed by atoms with van der Waals surface area (Å²) in [5.74, 6) is 2.62. The number of carbonyl (C=O) groups excluding carboxylic acids is 1. The Labute approximate surface area is 139 Å². The van der Waals surface area contributed by atoms with E-state index in [1.165, 1.54) is 36.8 Å². The van der Waals surface area contributed by atoms with E-state index in [0.717, 1.165) is 43.4 Å². The Kier molecular flexibility index (Phi) is 3.34. The SMILES string of the molecule is CC12CCC(=O)C=C1CCC1C2CCC2(C)/C(=C\C#N)CCC12. The summed E-state index contributed by atoms with van der Waals surface area (Å²) < 4.78 is 0. The molecule has 0 aliphatic heterocycles. The highest BCUT2D eigenvalue weighted by atomic mass is 16.1. The first-order valence-electron chi connectivity index (χ1n) is 9.32. The van der Waals surface area contributed by atoms with Crippen LogP contribution in [0.2, 0.25) is 0 Å². The van der Waals surface area contributed by atoms with Gasteiger partial charge in [0.2, 0.25) is 0 Å². The summed E-state index contributed by atoms with van der Waals surface area (Å²) >= 11 is 0. The van der Waals surface area contributed by atoms with Crippen LogP contribution in [0.1, 0.15) is 65.2 Å². The molecule has 0 bridgehead atoms. The van der Waals surface area contributed by atoms with Gasteiger partial charge in [0.05, 0.1) is 6.07 Å². The van der Waals surface area contributed by atoms with Gasteiger partial charge >= 0.3 is 0 Å². The van der Waals surface area contributed by atoms with E-state index in [9.17, 15) is 4.79 Å². The average molecular weight is 309 g/mol. The molecule has 3 fully saturated rings. The van der Waals surface area contributed by atoms with Crippen LogP contribution < -0.4 is 0 Å². The van der Waals surface area contributed by atoms with E-state index in [2.05, 4.69) is 19.9 Å². The lowest BCUT2D eigenvalue weighted by molar-refractivity contribution is -0.117. The molecule has 3 saturated carbocycles. The molecule has 0 amide bonds. The standard InChI is InChI=1S/C21H27NO/c1-20-11-8-19-17(18(20)6-4-14(20)9-12-22)5-3-15-13-16(23)7-10-21(15,19)2/h9,13,17-19H,3-8,10-11H2,1-2H3/b14-9-. The molecule has 0 radical (unpaired) electrons. The third-order valence-corrected chi connectivity index (χ3v) is 8.05. The molecule has 0 aromatic rings. The van der Waals surface area contributed by atoms with Crippen LogP contribution in [0.25, 0.3) is 0 Å². The molecule has 2 heteroatoms. The Hall–Kier alpha value is -1.36. The fourth-order valence-electron chi connectivity index (χ4n) is 6.72. The van der Waals surface area contributed by atoms with Gasteiger partial charge in [-0.3, -0.25) is 4.79 Å². The zero-order valence-electron chi connectivity index (χ0n) is 14.4. The van der Waals surface area contributed by atoms with Gasteiger partial charge in [-0.1, -0.05) is 25.0 Å². The lowest BCUT2D eigenvalue weighted by atomic mass is 9.47. The number of carbonyl (C=O) groups is 1. The quantitative estimate of drug-likeness (QED) is 0.593. The molecule has 4 rings (SSSR count). The van der Waals surface area contributed by atoms with Crippen molar-refractivity contribution < 1.29 is 4.79 Å². The first-order chi connectivity index (χ1) is 11.0. The second-order valence-electron chi connectivity index (χ2n) is 8.76. The van der Waals surface area contributed by atoms with Crippen molar-refractivity contribution >= 4 is 5.78 Å². The predicted molar refractivity (Wildman–Crippen MR) is 90.4 cm³/mol. The smallest absolute Gasteiger partial charge is 0.155 e. The summed E-state index contributed by atoms with van der Waals surface area (Å²) in [5.41, 5.74) is 3.39. The third-order valence-electron chi connectivity index (χ3n) is 8.05. The van der Waals surface area contributed by atoms with Crippen LogP contribution in [0, 0.1) is 39.9 Å². The first kappa shape index (κ1) is 15.2. The van der Waals surface area contributed by atoms with Crippen molar-refractivity contribution in [1.82, 2.24) is 0 Å². The maximum absolute atomic E-state index is 11.9. The molecule has 4 aliphatic carbocycles. The van der Waals surface area contributed by atoms with Crippen LogP contribution in [0.3, 0.4) is 0 Å². The van der Waals surface area contributed by atoms with Crippen molar-refractivity contribution in [2.45, 2.75) is 65.2 Å². The number of nitrogens with zero attached hydrogens (tertiary/aromatic N) is 1. The maximum atomic E-state index is 11.9. The number of ketones is 1. The lowest BCUT2D eigenvalue weighted by Gasteiger charge is -2.57. The lowest BCUT2D eigenvalue weighted by Crippen LogP contribution is -2.49. The summed E-state index contributed by atoms with van der Waals surface area (Å²) in [6.45, 7) is 4.86. The molecule has 4 aliphatic rings. The fraction of sp³-hybridized carbons (Fsp3) is 0.714. The first-order valence-corrected chi connectivity index (χ1v) is 9.32. The predicted octanol–water partition coefficient (Wildman–Crippen LogP) is 4.97. The number of hydrogen-bond donors (Lipinski definition) is 0. The van der Waals surface area contributed by atoms with Crippen molar-refractivity contribution in [3.63, 3.8) is 0 Å². The minimum absolute atomic E-state index is 0.263. The van der Waals surface area contributed by atoms with E-state index >= 15 is 0 Å². The Morgan fingerprint density at radius 1 is 1.09 bits per heavy atom. The van der Waals surface area contributed by atoms with Gasteiger partial charge in [-0.05, 0) is 79.6 Å². The highest BCUT2D eigenvalue weighted by Gasteiger charge is 2.57. The monoisotopic (exact) mass is 309 g/mol. The molecule has 23 heavy (non-hydrogen) atoms. The molecule has 0 N–H and O–H groups in total. The Bertz CT molecular complexity index is 651. The van der Waals surface area contributed by atoms with Crippen LogP contribution >= 0.6 is 0 Å². The van der Waals surface area contributed by atoms with Gasteiger partial charge in [0.15, 0.2) is 5.78 Å². The number of nitriles is 1. The van der Waals surface area contributed by atoms with Gasteiger partial charge in [0.1, 0.15) is 0 Å². The van der Waals surface area contributed by atoms with E-state index in [1.807, 2.05) is 12.2 Å². The van der Waals surface area contributed by atoms with E-state index < -0.39 is 0 Å². The molecule has 0 heterocycles. The van der Waals surface area contributed by atoms with Crippen molar-refractivity contribution in [3.05, 3.63) is 23.3 Å². The molecule has 5 atom stereocenters. The highest BCUT2D eigenvalue weighted by Crippen LogP contribution is 2.66. The van der Waals surface area contributed by atoms with Gasteiger partial charge in [-0.25, -0.2) is 0 Å². The molecular formula is C21H27NO. The average Bonchev–Trinajstić information content (AvgIpc) is 2.85. The molecule has 2 nitrogen and oxygen atoms in total. The number of hydrogen-bond acceptors (Lipinski definition) is 2. The van der Waals surface area contributed by atoms with Gasteiger partial charge in [0, 0.05) is 12.5 Å². The Balaban J connectivity index is 1.69. The number of rotatable bonds is 0. The number of fused-ring (bicyclic) bond motifs is 5. The van der Waals surface area contributed by atoms with Gasteiger partial charge in [-0.15, -0.1) is 0 Å². The zero-order valence-corrected chi connectivity index (χ0v) is 14.4. The van der Waals surface area contributed by atoms with E-state index in [0.29, 0.717) is 5.78 Å². The maximum Gasteiger partial charge on any atom is 0.155 e. The molecule has 0 aromatic carbocycles. The van der Waals surface area contributed by atoms with Crippen molar-refractivity contribution in [3.8, 4) is 6.07 Å². The molecule has 0 aromatic heterocycles. The molecule has 122 valence electrons. The fourth-order valence-corrected chi connectivity index (χ4v) is 6.72. The van der Waals surface area contributed by atoms with E-state index in [1.54, 1.807) is 0 Å². The summed E-state index contributed by atoms with van der Waals surface area (Å²) in [7, 11) is 0.